The number of hydrogen-bond acceptors (Lipinski definition) is 8. The fourth-order valence-electron chi connectivity index (χ4n) is 2.91. The van der Waals surface area contributed by atoms with Crippen molar-refractivity contribution in [3.63, 3.8) is 0 Å². The topological polar surface area (TPSA) is 89.5 Å². The van der Waals surface area contributed by atoms with E-state index in [-0.39, 0.29) is 26.2 Å². The molecule has 3 rings (SSSR count). The van der Waals surface area contributed by atoms with Crippen LogP contribution in [-0.4, -0.2) is 45.3 Å². The van der Waals surface area contributed by atoms with Crippen LogP contribution in [0.25, 0.3) is 0 Å². The van der Waals surface area contributed by atoms with E-state index in [1.807, 2.05) is 0 Å². The molecule has 0 bridgehead atoms. The Morgan fingerprint density at radius 1 is 1.22 bits per heavy atom. The number of cyclic esters (lactones) is 1. The van der Waals surface area contributed by atoms with Gasteiger partial charge in [0, 0.05) is 7.11 Å². The van der Waals surface area contributed by atoms with Gasteiger partial charge in [0.25, 0.3) is 0 Å². The third kappa shape index (κ3) is 4.17. The molecule has 2 heterocycles. The van der Waals surface area contributed by atoms with E-state index in [0.29, 0.717) is 17.1 Å². The molecule has 0 saturated carbocycles. The summed E-state index contributed by atoms with van der Waals surface area (Å²) in [6, 6.07) is 5.31. The molecule has 1 aromatic rings. The maximum absolute atomic E-state index is 12.4. The number of rotatable bonds is 6. The van der Waals surface area contributed by atoms with Crippen molar-refractivity contribution < 1.29 is 38.0 Å². The maximum Gasteiger partial charge on any atom is 0.336 e. The van der Waals surface area contributed by atoms with Gasteiger partial charge < -0.3 is 28.4 Å². The van der Waals surface area contributed by atoms with Gasteiger partial charge in [-0.05, 0) is 38.5 Å². The average molecular weight is 380 g/mol. The highest BCUT2D eigenvalue weighted by Crippen LogP contribution is 2.41. The molecule has 0 spiro atoms. The van der Waals surface area contributed by atoms with Crippen LogP contribution in [0.3, 0.4) is 0 Å². The molecule has 0 radical (unpaired) electrons. The van der Waals surface area contributed by atoms with Gasteiger partial charge in [-0.3, -0.25) is 4.79 Å². The van der Waals surface area contributed by atoms with Crippen molar-refractivity contribution in [2.45, 2.75) is 33.0 Å². The summed E-state index contributed by atoms with van der Waals surface area (Å²) in [4.78, 5) is 24.5. The first-order valence-corrected chi connectivity index (χ1v) is 8.69. The van der Waals surface area contributed by atoms with Crippen molar-refractivity contribution in [2.24, 2.45) is 11.3 Å². The lowest BCUT2D eigenvalue weighted by Gasteiger charge is -2.23. The largest absolute Gasteiger partial charge is 0.465 e. The summed E-state index contributed by atoms with van der Waals surface area (Å²) in [5, 5.41) is 0. The molecule has 148 valence electrons. The molecule has 0 aromatic heterocycles. The smallest absolute Gasteiger partial charge is 0.336 e. The van der Waals surface area contributed by atoms with Crippen LogP contribution in [0.15, 0.2) is 18.2 Å². The summed E-state index contributed by atoms with van der Waals surface area (Å²) in [6.45, 7) is 5.35. The predicted octanol–water partition coefficient (Wildman–Crippen LogP) is 2.21. The summed E-state index contributed by atoms with van der Waals surface area (Å²) in [5.41, 5.74) is 0.0635. The molecule has 27 heavy (non-hydrogen) atoms. The third-order valence-corrected chi connectivity index (χ3v) is 4.36. The normalized spacial score (nSPS) is 24.0. The van der Waals surface area contributed by atoms with E-state index in [1.54, 1.807) is 39.0 Å². The third-order valence-electron chi connectivity index (χ3n) is 4.36. The van der Waals surface area contributed by atoms with Gasteiger partial charge in [-0.1, -0.05) is 6.07 Å². The van der Waals surface area contributed by atoms with Gasteiger partial charge in [0.1, 0.15) is 19.5 Å². The second-order valence-corrected chi connectivity index (χ2v) is 7.48. The van der Waals surface area contributed by atoms with Gasteiger partial charge in [0.05, 0.1) is 11.3 Å². The quantitative estimate of drug-likeness (QED) is 0.548. The molecule has 1 aromatic carbocycles. The van der Waals surface area contributed by atoms with E-state index < -0.39 is 29.5 Å². The number of fused-ring (bicyclic) bond motifs is 1. The van der Waals surface area contributed by atoms with Gasteiger partial charge in [-0.25, -0.2) is 4.79 Å². The molecule has 2 aliphatic rings. The lowest BCUT2D eigenvalue weighted by Crippen LogP contribution is -2.33. The zero-order valence-electron chi connectivity index (χ0n) is 15.9. The lowest BCUT2D eigenvalue weighted by atomic mass is 9.93. The highest BCUT2D eigenvalue weighted by Gasteiger charge is 2.47. The molecule has 8 nitrogen and oxygen atoms in total. The van der Waals surface area contributed by atoms with Crippen LogP contribution in [0.5, 0.6) is 11.5 Å². The van der Waals surface area contributed by atoms with Crippen molar-refractivity contribution in [1.82, 2.24) is 0 Å². The minimum absolute atomic E-state index is 0.0185. The highest BCUT2D eigenvalue weighted by atomic mass is 16.7. The number of carbonyl (C=O) groups excluding carboxylic acids is 2. The van der Waals surface area contributed by atoms with Crippen LogP contribution in [0.4, 0.5) is 0 Å². The fraction of sp³-hybridized carbons (Fsp3) is 0.579. The standard InChI is InChI=1S/C19H24O8/c1-19(2,3)18(21)23-8-12-15(27-17(20)16(12)26-9-22-4)11-5-6-13-14(7-11)25-10-24-13/h5-7,12,15-16H,8-10H2,1-4H3/t12-,15+,16+/m1/s1. The van der Waals surface area contributed by atoms with Gasteiger partial charge in [0.2, 0.25) is 6.79 Å². The van der Waals surface area contributed by atoms with Crippen molar-refractivity contribution in [2.75, 3.05) is 27.3 Å². The Morgan fingerprint density at radius 3 is 2.67 bits per heavy atom. The van der Waals surface area contributed by atoms with Gasteiger partial charge in [-0.2, -0.15) is 0 Å². The average Bonchev–Trinajstić information content (AvgIpc) is 3.20. The molecule has 3 atom stereocenters. The molecule has 0 unspecified atom stereocenters. The zero-order chi connectivity index (χ0) is 19.6. The monoisotopic (exact) mass is 380 g/mol. The predicted molar refractivity (Wildman–Crippen MR) is 92.1 cm³/mol. The summed E-state index contributed by atoms with van der Waals surface area (Å²) < 4.78 is 32.1. The summed E-state index contributed by atoms with van der Waals surface area (Å²) in [7, 11) is 1.46. The van der Waals surface area contributed by atoms with Crippen LogP contribution >= 0.6 is 0 Å². The Kier molecular flexibility index (Phi) is 5.57. The molecule has 0 amide bonds. The van der Waals surface area contributed by atoms with Gasteiger partial charge in [-0.15, -0.1) is 0 Å². The molecule has 8 heteroatoms. The van der Waals surface area contributed by atoms with E-state index in [2.05, 4.69) is 0 Å². The molecular formula is C19H24O8. The Bertz CT molecular complexity index is 708. The van der Waals surface area contributed by atoms with E-state index in [0.717, 1.165) is 0 Å². The van der Waals surface area contributed by atoms with Gasteiger partial charge in [0.15, 0.2) is 17.6 Å². The van der Waals surface area contributed by atoms with Gasteiger partial charge >= 0.3 is 11.9 Å². The molecule has 0 N–H and O–H groups in total. The van der Waals surface area contributed by atoms with Crippen LogP contribution in [0, 0.1) is 11.3 Å². The van der Waals surface area contributed by atoms with Crippen LogP contribution in [-0.2, 0) is 28.5 Å². The van der Waals surface area contributed by atoms with Crippen molar-refractivity contribution >= 4 is 11.9 Å². The van der Waals surface area contributed by atoms with E-state index in [4.69, 9.17) is 28.4 Å². The first-order chi connectivity index (χ1) is 12.8. The minimum atomic E-state index is -0.895. The fourth-order valence-corrected chi connectivity index (χ4v) is 2.91. The zero-order valence-corrected chi connectivity index (χ0v) is 15.9. The van der Waals surface area contributed by atoms with E-state index >= 15 is 0 Å². The van der Waals surface area contributed by atoms with Crippen molar-refractivity contribution in [3.05, 3.63) is 23.8 Å². The number of carbonyl (C=O) groups is 2. The molecule has 0 aliphatic carbocycles. The number of esters is 2. The maximum atomic E-state index is 12.4. The number of methoxy groups -OCH3 is 1. The summed E-state index contributed by atoms with van der Waals surface area (Å²) >= 11 is 0. The van der Waals surface area contributed by atoms with Crippen LogP contribution < -0.4 is 9.47 Å². The number of hydrogen-bond donors (Lipinski definition) is 0. The summed E-state index contributed by atoms with van der Waals surface area (Å²) in [6.07, 6.45) is -1.53. The van der Waals surface area contributed by atoms with Crippen molar-refractivity contribution in [1.29, 1.82) is 0 Å². The Balaban J connectivity index is 1.81. The molecule has 2 aliphatic heterocycles. The van der Waals surface area contributed by atoms with Crippen molar-refractivity contribution in [3.8, 4) is 11.5 Å². The van der Waals surface area contributed by atoms with Crippen LogP contribution in [0.1, 0.15) is 32.4 Å². The lowest BCUT2D eigenvalue weighted by molar-refractivity contribution is -0.160. The van der Waals surface area contributed by atoms with E-state index in [1.165, 1.54) is 7.11 Å². The first kappa shape index (κ1) is 19.4. The Hall–Kier alpha value is -2.32. The van der Waals surface area contributed by atoms with E-state index in [9.17, 15) is 9.59 Å². The second kappa shape index (κ2) is 7.74. The molecule has 1 saturated heterocycles. The number of ether oxygens (including phenoxy) is 6. The van der Waals surface area contributed by atoms with Crippen LogP contribution in [0.2, 0.25) is 0 Å². The SMILES string of the molecule is COCO[C@@H]1C(=O)O[C@@H](c2ccc3c(c2)OCO3)[C@H]1COC(=O)C(C)(C)C. The first-order valence-electron chi connectivity index (χ1n) is 8.69. The molecule has 1 fully saturated rings. The summed E-state index contributed by atoms with van der Waals surface area (Å²) in [5.74, 6) is -0.191. The molecular weight excluding hydrogens is 356 g/mol. The number of benzene rings is 1. The Morgan fingerprint density at radius 2 is 1.96 bits per heavy atom. The Labute approximate surface area is 157 Å². The minimum Gasteiger partial charge on any atom is -0.465 e. The second-order valence-electron chi connectivity index (χ2n) is 7.48. The highest BCUT2D eigenvalue weighted by molar-refractivity contribution is 5.78.